The summed E-state index contributed by atoms with van der Waals surface area (Å²) < 4.78 is 0. The van der Waals surface area contributed by atoms with Gasteiger partial charge in [-0.2, -0.15) is 0 Å². The largest absolute Gasteiger partial charge is 0.341 e. The Bertz CT molecular complexity index is 522. The van der Waals surface area contributed by atoms with Gasteiger partial charge in [-0.05, 0) is 43.5 Å². The van der Waals surface area contributed by atoms with Crippen LogP contribution in [0.3, 0.4) is 0 Å². The van der Waals surface area contributed by atoms with Gasteiger partial charge < -0.3 is 10.2 Å². The van der Waals surface area contributed by atoms with E-state index in [9.17, 15) is 4.79 Å². The van der Waals surface area contributed by atoms with Gasteiger partial charge in [0.15, 0.2) is 0 Å². The first-order valence-corrected chi connectivity index (χ1v) is 8.86. The Kier molecular flexibility index (Phi) is 6.75. The van der Waals surface area contributed by atoms with Gasteiger partial charge in [-0.15, -0.1) is 12.4 Å². The number of halogens is 2. The van der Waals surface area contributed by atoms with Crippen LogP contribution in [0.15, 0.2) is 24.3 Å². The zero-order valence-corrected chi connectivity index (χ0v) is 15.1. The standard InChI is InChI=1S/C18H25ClN2O.ClH/c19-16-7-4-6-15(14-16)18(8-2-1-3-9-18)17(22)21-12-5-10-20-11-13-21;/h4,6-7,14,20H,1-3,5,8-13H2;1H. The van der Waals surface area contributed by atoms with Crippen molar-refractivity contribution in [1.82, 2.24) is 10.2 Å². The minimum Gasteiger partial charge on any atom is -0.341 e. The van der Waals surface area contributed by atoms with Crippen LogP contribution in [0.25, 0.3) is 0 Å². The number of carbonyl (C=O) groups excluding carboxylic acids is 1. The molecule has 3 rings (SSSR count). The lowest BCUT2D eigenvalue weighted by atomic mass is 9.68. The second-order valence-electron chi connectivity index (χ2n) is 6.55. The number of benzene rings is 1. The molecule has 2 fully saturated rings. The molecule has 1 aromatic rings. The average Bonchev–Trinajstić information content (AvgIpc) is 2.84. The van der Waals surface area contributed by atoms with Gasteiger partial charge in [-0.3, -0.25) is 4.79 Å². The van der Waals surface area contributed by atoms with Crippen LogP contribution >= 0.6 is 24.0 Å². The van der Waals surface area contributed by atoms with Crippen molar-refractivity contribution in [3.05, 3.63) is 34.9 Å². The molecule has 23 heavy (non-hydrogen) atoms. The maximum absolute atomic E-state index is 13.4. The van der Waals surface area contributed by atoms with E-state index in [0.29, 0.717) is 5.91 Å². The first kappa shape index (κ1) is 18.6. The highest BCUT2D eigenvalue weighted by Gasteiger charge is 2.43. The predicted octanol–water partition coefficient (Wildman–Crippen LogP) is 3.79. The molecule has 1 aliphatic carbocycles. The second-order valence-corrected chi connectivity index (χ2v) is 6.99. The molecule has 1 aromatic carbocycles. The van der Waals surface area contributed by atoms with E-state index in [2.05, 4.69) is 16.3 Å². The molecule has 1 saturated heterocycles. The fourth-order valence-corrected chi connectivity index (χ4v) is 4.11. The highest BCUT2D eigenvalue weighted by Crippen LogP contribution is 2.41. The topological polar surface area (TPSA) is 32.3 Å². The molecule has 0 unspecified atom stereocenters. The Morgan fingerprint density at radius 2 is 1.87 bits per heavy atom. The molecule has 128 valence electrons. The van der Waals surface area contributed by atoms with Crippen LogP contribution in [-0.4, -0.2) is 37.0 Å². The van der Waals surface area contributed by atoms with Crippen molar-refractivity contribution >= 4 is 29.9 Å². The molecule has 2 aliphatic rings. The number of rotatable bonds is 2. The molecular weight excluding hydrogens is 331 g/mol. The van der Waals surface area contributed by atoms with E-state index < -0.39 is 0 Å². The summed E-state index contributed by atoms with van der Waals surface area (Å²) >= 11 is 6.21. The van der Waals surface area contributed by atoms with Crippen molar-refractivity contribution in [2.24, 2.45) is 0 Å². The highest BCUT2D eigenvalue weighted by atomic mass is 35.5. The third-order valence-corrected chi connectivity index (χ3v) is 5.36. The number of carbonyl (C=O) groups is 1. The van der Waals surface area contributed by atoms with Crippen LogP contribution in [0.5, 0.6) is 0 Å². The Hall–Kier alpha value is -0.770. The molecule has 1 N–H and O–H groups in total. The molecule has 3 nitrogen and oxygen atoms in total. The van der Waals surface area contributed by atoms with E-state index in [-0.39, 0.29) is 17.8 Å². The van der Waals surface area contributed by atoms with Crippen LogP contribution in [0, 0.1) is 0 Å². The molecule has 0 bridgehead atoms. The summed E-state index contributed by atoms with van der Waals surface area (Å²) in [5.74, 6) is 0.318. The summed E-state index contributed by atoms with van der Waals surface area (Å²) in [6.07, 6.45) is 6.44. The molecule has 0 spiro atoms. The van der Waals surface area contributed by atoms with Gasteiger partial charge >= 0.3 is 0 Å². The fraction of sp³-hybridized carbons (Fsp3) is 0.611. The number of nitrogens with one attached hydrogen (secondary N) is 1. The summed E-state index contributed by atoms with van der Waals surface area (Å²) in [5.41, 5.74) is 0.759. The summed E-state index contributed by atoms with van der Waals surface area (Å²) in [4.78, 5) is 15.5. The summed E-state index contributed by atoms with van der Waals surface area (Å²) in [6.45, 7) is 3.60. The van der Waals surface area contributed by atoms with Gasteiger partial charge in [0.2, 0.25) is 5.91 Å². The van der Waals surface area contributed by atoms with E-state index in [1.807, 2.05) is 18.2 Å². The normalized spacial score (nSPS) is 21.2. The smallest absolute Gasteiger partial charge is 0.233 e. The first-order valence-electron chi connectivity index (χ1n) is 8.48. The van der Waals surface area contributed by atoms with Crippen molar-refractivity contribution < 1.29 is 4.79 Å². The third-order valence-electron chi connectivity index (χ3n) is 5.12. The lowest BCUT2D eigenvalue weighted by Gasteiger charge is -2.40. The van der Waals surface area contributed by atoms with Gasteiger partial charge in [0.1, 0.15) is 0 Å². The molecule has 1 aliphatic heterocycles. The van der Waals surface area contributed by atoms with Crippen LogP contribution in [0.4, 0.5) is 0 Å². The van der Waals surface area contributed by atoms with Gasteiger partial charge in [0.05, 0.1) is 5.41 Å². The van der Waals surface area contributed by atoms with Crippen molar-refractivity contribution in [2.45, 2.75) is 43.9 Å². The molecular formula is C18H26Cl2N2O. The third kappa shape index (κ3) is 4.01. The Morgan fingerprint density at radius 3 is 2.61 bits per heavy atom. The molecule has 0 atom stereocenters. The maximum Gasteiger partial charge on any atom is 0.233 e. The van der Waals surface area contributed by atoms with Crippen LogP contribution in [0.2, 0.25) is 5.02 Å². The molecule has 0 aromatic heterocycles. The lowest BCUT2D eigenvalue weighted by Crippen LogP contribution is -2.49. The zero-order valence-electron chi connectivity index (χ0n) is 13.5. The van der Waals surface area contributed by atoms with E-state index >= 15 is 0 Å². The zero-order chi connectivity index (χ0) is 15.4. The van der Waals surface area contributed by atoms with E-state index in [4.69, 9.17) is 11.6 Å². The number of hydrogen-bond donors (Lipinski definition) is 1. The minimum absolute atomic E-state index is 0. The van der Waals surface area contributed by atoms with Gasteiger partial charge in [-0.1, -0.05) is 43.0 Å². The highest BCUT2D eigenvalue weighted by molar-refractivity contribution is 6.30. The van der Waals surface area contributed by atoms with Gasteiger partial charge in [0, 0.05) is 24.7 Å². The molecule has 1 saturated carbocycles. The van der Waals surface area contributed by atoms with Crippen LogP contribution in [0.1, 0.15) is 44.1 Å². The Morgan fingerprint density at radius 1 is 1.09 bits per heavy atom. The fourth-order valence-electron chi connectivity index (χ4n) is 3.92. The number of hydrogen-bond acceptors (Lipinski definition) is 2. The predicted molar refractivity (Wildman–Crippen MR) is 97.5 cm³/mol. The van der Waals surface area contributed by atoms with Gasteiger partial charge in [-0.25, -0.2) is 0 Å². The van der Waals surface area contributed by atoms with Crippen LogP contribution < -0.4 is 5.32 Å². The Balaban J connectivity index is 0.00000192. The second kappa shape index (κ2) is 8.36. The molecule has 0 radical (unpaired) electrons. The van der Waals surface area contributed by atoms with Crippen molar-refractivity contribution in [3.8, 4) is 0 Å². The first-order chi connectivity index (χ1) is 10.7. The molecule has 1 heterocycles. The number of amides is 1. The SMILES string of the molecule is Cl.O=C(N1CCCNCC1)C1(c2cccc(Cl)c2)CCCCC1. The van der Waals surface area contributed by atoms with Crippen molar-refractivity contribution in [2.75, 3.05) is 26.2 Å². The van der Waals surface area contributed by atoms with Crippen molar-refractivity contribution in [3.63, 3.8) is 0 Å². The summed E-state index contributed by atoms with van der Waals surface area (Å²) in [6, 6.07) is 7.96. The molecule has 5 heteroatoms. The average molecular weight is 357 g/mol. The quantitative estimate of drug-likeness (QED) is 0.874. The summed E-state index contributed by atoms with van der Waals surface area (Å²) in [7, 11) is 0. The van der Waals surface area contributed by atoms with E-state index in [0.717, 1.165) is 68.9 Å². The minimum atomic E-state index is -0.354. The van der Waals surface area contributed by atoms with Crippen molar-refractivity contribution in [1.29, 1.82) is 0 Å². The molecule has 1 amide bonds. The van der Waals surface area contributed by atoms with E-state index in [1.165, 1.54) is 6.42 Å². The van der Waals surface area contributed by atoms with Gasteiger partial charge in [0.25, 0.3) is 0 Å². The maximum atomic E-state index is 13.4. The Labute approximate surface area is 150 Å². The monoisotopic (exact) mass is 356 g/mol. The van der Waals surface area contributed by atoms with Crippen LogP contribution in [-0.2, 0) is 10.2 Å². The lowest BCUT2D eigenvalue weighted by molar-refractivity contribution is -0.138. The summed E-state index contributed by atoms with van der Waals surface area (Å²) in [5, 5.41) is 4.11. The van der Waals surface area contributed by atoms with E-state index in [1.54, 1.807) is 0 Å². The number of nitrogens with zero attached hydrogens (tertiary/aromatic N) is 1.